The van der Waals surface area contributed by atoms with Crippen molar-refractivity contribution in [2.45, 2.75) is 19.3 Å². The van der Waals surface area contributed by atoms with Crippen LogP contribution in [0.15, 0.2) is 30.5 Å². The molecule has 1 aromatic carbocycles. The van der Waals surface area contributed by atoms with Crippen LogP contribution in [0.2, 0.25) is 0 Å². The van der Waals surface area contributed by atoms with Crippen LogP contribution in [-0.4, -0.2) is 28.5 Å². The van der Waals surface area contributed by atoms with Crippen molar-refractivity contribution in [1.29, 1.82) is 0 Å². The van der Waals surface area contributed by atoms with E-state index in [1.54, 1.807) is 0 Å². The second kappa shape index (κ2) is 6.04. The highest BCUT2D eigenvalue weighted by Gasteiger charge is 2.08. The van der Waals surface area contributed by atoms with Gasteiger partial charge in [-0.25, -0.2) is 0 Å². The molecule has 0 saturated heterocycles. The molecule has 2 aromatic rings. The van der Waals surface area contributed by atoms with Crippen LogP contribution in [0.3, 0.4) is 0 Å². The molecule has 0 aliphatic carbocycles. The maximum atomic E-state index is 11.7. The van der Waals surface area contributed by atoms with Gasteiger partial charge in [-0.05, 0) is 18.1 Å². The molecule has 0 saturated carbocycles. The molecule has 0 fully saturated rings. The van der Waals surface area contributed by atoms with E-state index in [4.69, 9.17) is 5.11 Å². The molecular weight excluding hydrogens is 244 g/mol. The van der Waals surface area contributed by atoms with Gasteiger partial charge in [-0.1, -0.05) is 18.2 Å². The van der Waals surface area contributed by atoms with Crippen molar-refractivity contribution in [3.05, 3.63) is 36.0 Å². The SMILES string of the molecule is O=C(O)CCCNC(=O)Cc1c[nH]c2ccccc12. The fourth-order valence-corrected chi connectivity index (χ4v) is 1.98. The number of rotatable bonds is 6. The molecule has 1 amide bonds. The van der Waals surface area contributed by atoms with Crippen molar-refractivity contribution in [3.63, 3.8) is 0 Å². The zero-order chi connectivity index (χ0) is 13.7. The lowest BCUT2D eigenvalue weighted by atomic mass is 10.1. The summed E-state index contributed by atoms with van der Waals surface area (Å²) in [6, 6.07) is 7.81. The number of hydrogen-bond donors (Lipinski definition) is 3. The van der Waals surface area contributed by atoms with Crippen LogP contribution >= 0.6 is 0 Å². The predicted octanol–water partition coefficient (Wildman–Crippen LogP) is 1.69. The van der Waals surface area contributed by atoms with E-state index in [1.807, 2.05) is 30.5 Å². The lowest BCUT2D eigenvalue weighted by Crippen LogP contribution is -2.26. The van der Waals surface area contributed by atoms with Crippen LogP contribution < -0.4 is 5.32 Å². The molecule has 0 aliphatic rings. The molecule has 0 bridgehead atoms. The second-order valence-electron chi connectivity index (χ2n) is 4.38. The van der Waals surface area contributed by atoms with Crippen LogP contribution in [0, 0.1) is 0 Å². The van der Waals surface area contributed by atoms with Gasteiger partial charge in [0.25, 0.3) is 0 Å². The Bertz CT molecular complexity index is 589. The third-order valence-corrected chi connectivity index (χ3v) is 2.92. The first-order valence-corrected chi connectivity index (χ1v) is 6.20. The molecule has 0 spiro atoms. The Hall–Kier alpha value is -2.30. The number of carbonyl (C=O) groups is 2. The fourth-order valence-electron chi connectivity index (χ4n) is 1.98. The van der Waals surface area contributed by atoms with Crippen molar-refractivity contribution < 1.29 is 14.7 Å². The Balaban J connectivity index is 1.87. The van der Waals surface area contributed by atoms with Crippen molar-refractivity contribution in [2.24, 2.45) is 0 Å². The Kier molecular flexibility index (Phi) is 4.18. The molecule has 1 aromatic heterocycles. The number of fused-ring (bicyclic) bond motifs is 1. The highest BCUT2D eigenvalue weighted by Crippen LogP contribution is 2.17. The van der Waals surface area contributed by atoms with Crippen molar-refractivity contribution in [2.75, 3.05) is 6.54 Å². The zero-order valence-corrected chi connectivity index (χ0v) is 10.5. The number of aromatic nitrogens is 1. The number of H-pyrrole nitrogens is 1. The van der Waals surface area contributed by atoms with Crippen LogP contribution in [0.5, 0.6) is 0 Å². The molecule has 0 unspecified atom stereocenters. The quantitative estimate of drug-likeness (QED) is 0.691. The summed E-state index contributed by atoms with van der Waals surface area (Å²) in [6.07, 6.45) is 2.67. The van der Waals surface area contributed by atoms with Crippen LogP contribution in [0.25, 0.3) is 10.9 Å². The summed E-state index contributed by atoms with van der Waals surface area (Å²) in [6.45, 7) is 0.396. The number of hydrogen-bond acceptors (Lipinski definition) is 2. The van der Waals surface area contributed by atoms with Gasteiger partial charge in [-0.2, -0.15) is 0 Å². The topological polar surface area (TPSA) is 82.2 Å². The van der Waals surface area contributed by atoms with Gasteiger partial charge in [-0.15, -0.1) is 0 Å². The maximum Gasteiger partial charge on any atom is 0.303 e. The molecule has 1 heterocycles. The van der Waals surface area contributed by atoms with Gasteiger partial charge in [0.05, 0.1) is 6.42 Å². The number of nitrogens with one attached hydrogen (secondary N) is 2. The van der Waals surface area contributed by atoms with E-state index in [1.165, 1.54) is 0 Å². The van der Waals surface area contributed by atoms with Crippen LogP contribution in [-0.2, 0) is 16.0 Å². The molecule has 3 N–H and O–H groups in total. The minimum absolute atomic E-state index is 0.0768. The summed E-state index contributed by atoms with van der Waals surface area (Å²) < 4.78 is 0. The van der Waals surface area contributed by atoms with Crippen LogP contribution in [0.1, 0.15) is 18.4 Å². The van der Waals surface area contributed by atoms with E-state index in [0.717, 1.165) is 16.5 Å². The Labute approximate surface area is 110 Å². The molecule has 5 heteroatoms. The van der Waals surface area contributed by atoms with Gasteiger partial charge in [-0.3, -0.25) is 9.59 Å². The number of carbonyl (C=O) groups excluding carboxylic acids is 1. The minimum atomic E-state index is -0.842. The molecule has 19 heavy (non-hydrogen) atoms. The van der Waals surface area contributed by atoms with Crippen LogP contribution in [0.4, 0.5) is 0 Å². The number of carboxylic acids is 1. The Morgan fingerprint density at radius 1 is 1.26 bits per heavy atom. The maximum absolute atomic E-state index is 11.7. The standard InChI is InChI=1S/C14H16N2O3/c17-13(15-7-3-6-14(18)19)8-10-9-16-12-5-2-1-4-11(10)12/h1-2,4-5,9,16H,3,6-8H2,(H,15,17)(H,18,19). The summed E-state index contributed by atoms with van der Waals surface area (Å²) in [4.78, 5) is 25.2. The third-order valence-electron chi connectivity index (χ3n) is 2.92. The van der Waals surface area contributed by atoms with Gasteiger partial charge in [0.15, 0.2) is 0 Å². The first-order valence-electron chi connectivity index (χ1n) is 6.20. The molecule has 0 radical (unpaired) electrons. The van der Waals surface area contributed by atoms with Crippen molar-refractivity contribution in [3.8, 4) is 0 Å². The highest BCUT2D eigenvalue weighted by molar-refractivity contribution is 5.88. The number of benzene rings is 1. The van der Waals surface area contributed by atoms with E-state index >= 15 is 0 Å². The van der Waals surface area contributed by atoms with E-state index in [-0.39, 0.29) is 12.3 Å². The number of para-hydroxylation sites is 1. The summed E-state index contributed by atoms with van der Waals surface area (Å²) in [5, 5.41) is 12.3. The predicted molar refractivity (Wildman–Crippen MR) is 71.9 cm³/mol. The van der Waals surface area contributed by atoms with E-state index in [2.05, 4.69) is 10.3 Å². The first-order chi connectivity index (χ1) is 9.16. The molecule has 0 atom stereocenters. The summed E-state index contributed by atoms with van der Waals surface area (Å²) in [7, 11) is 0. The Morgan fingerprint density at radius 3 is 2.84 bits per heavy atom. The number of aliphatic carboxylic acids is 1. The minimum Gasteiger partial charge on any atom is -0.481 e. The molecule has 0 aliphatic heterocycles. The largest absolute Gasteiger partial charge is 0.481 e. The normalized spacial score (nSPS) is 10.5. The molecular formula is C14H16N2O3. The summed E-state index contributed by atoms with van der Waals surface area (Å²) >= 11 is 0. The van der Waals surface area contributed by atoms with Gasteiger partial charge in [0.1, 0.15) is 0 Å². The lowest BCUT2D eigenvalue weighted by Gasteiger charge is -2.03. The van der Waals surface area contributed by atoms with Gasteiger partial charge >= 0.3 is 5.97 Å². The van der Waals surface area contributed by atoms with Gasteiger partial charge < -0.3 is 15.4 Å². The zero-order valence-electron chi connectivity index (χ0n) is 10.5. The van der Waals surface area contributed by atoms with E-state index in [9.17, 15) is 9.59 Å². The average Bonchev–Trinajstić information content (AvgIpc) is 2.78. The Morgan fingerprint density at radius 2 is 2.05 bits per heavy atom. The number of aromatic amines is 1. The molecule has 5 nitrogen and oxygen atoms in total. The third kappa shape index (κ3) is 3.58. The number of amides is 1. The van der Waals surface area contributed by atoms with E-state index < -0.39 is 5.97 Å². The molecule has 100 valence electrons. The fraction of sp³-hybridized carbons (Fsp3) is 0.286. The smallest absolute Gasteiger partial charge is 0.303 e. The highest BCUT2D eigenvalue weighted by atomic mass is 16.4. The average molecular weight is 260 g/mol. The summed E-state index contributed by atoms with van der Waals surface area (Å²) in [5.74, 6) is -0.930. The van der Waals surface area contributed by atoms with Crippen molar-refractivity contribution in [1.82, 2.24) is 10.3 Å². The van der Waals surface area contributed by atoms with E-state index in [0.29, 0.717) is 19.4 Å². The lowest BCUT2D eigenvalue weighted by molar-refractivity contribution is -0.137. The van der Waals surface area contributed by atoms with Gasteiger partial charge in [0.2, 0.25) is 5.91 Å². The number of carboxylic acid groups (broad SMARTS) is 1. The second-order valence-corrected chi connectivity index (χ2v) is 4.38. The monoisotopic (exact) mass is 260 g/mol. The van der Waals surface area contributed by atoms with Gasteiger partial charge in [0, 0.05) is 30.1 Å². The van der Waals surface area contributed by atoms with Crippen molar-refractivity contribution >= 4 is 22.8 Å². The first kappa shape index (κ1) is 13.1. The summed E-state index contributed by atoms with van der Waals surface area (Å²) in [5.41, 5.74) is 1.96. The molecule has 2 rings (SSSR count).